The normalized spacial score (nSPS) is 11.5. The minimum Gasteiger partial charge on any atom is -0.353 e. The van der Waals surface area contributed by atoms with Crippen LogP contribution in [0.2, 0.25) is 0 Å². The molecule has 0 aliphatic rings. The van der Waals surface area contributed by atoms with Gasteiger partial charge in [-0.15, -0.1) is 0 Å². The molecule has 144 valence electrons. The molecule has 30 heavy (non-hydrogen) atoms. The van der Waals surface area contributed by atoms with E-state index >= 15 is 0 Å². The van der Waals surface area contributed by atoms with E-state index in [4.69, 9.17) is 0 Å². The van der Waals surface area contributed by atoms with Gasteiger partial charge in [0.15, 0.2) is 0 Å². The molecule has 5 aromatic heterocycles. The summed E-state index contributed by atoms with van der Waals surface area (Å²) in [4.78, 5) is 12.6. The second kappa shape index (κ2) is 6.38. The number of pyridine rings is 2. The van der Waals surface area contributed by atoms with E-state index in [1.807, 2.05) is 56.1 Å². The molecule has 7 heteroatoms. The summed E-state index contributed by atoms with van der Waals surface area (Å²) in [6, 6.07) is 16.4. The van der Waals surface area contributed by atoms with Crippen molar-refractivity contribution in [3.8, 4) is 33.9 Å². The second-order valence-corrected chi connectivity index (χ2v) is 7.25. The largest absolute Gasteiger partial charge is 0.353 e. The molecule has 0 atom stereocenters. The van der Waals surface area contributed by atoms with Gasteiger partial charge in [-0.1, -0.05) is 18.2 Å². The number of nitrogens with zero attached hydrogens (tertiary/aromatic N) is 5. The lowest BCUT2D eigenvalue weighted by Crippen LogP contribution is -1.85. The summed E-state index contributed by atoms with van der Waals surface area (Å²) in [6.07, 6.45) is 7.40. The Hall–Kier alpha value is -4.26. The van der Waals surface area contributed by atoms with Crippen molar-refractivity contribution in [2.45, 2.75) is 0 Å². The number of aromatic nitrogens is 7. The van der Waals surface area contributed by atoms with Crippen LogP contribution in [-0.2, 0) is 7.05 Å². The van der Waals surface area contributed by atoms with Crippen LogP contribution >= 0.6 is 0 Å². The van der Waals surface area contributed by atoms with Gasteiger partial charge in [0, 0.05) is 46.9 Å². The molecule has 0 amide bonds. The fourth-order valence-corrected chi connectivity index (χ4v) is 3.86. The van der Waals surface area contributed by atoms with Crippen LogP contribution in [0.5, 0.6) is 0 Å². The van der Waals surface area contributed by atoms with E-state index in [1.165, 1.54) is 0 Å². The van der Waals surface area contributed by atoms with Crippen molar-refractivity contribution in [1.29, 1.82) is 0 Å². The van der Waals surface area contributed by atoms with E-state index in [0.717, 1.165) is 55.7 Å². The van der Waals surface area contributed by atoms with Crippen molar-refractivity contribution >= 4 is 21.8 Å². The topological polar surface area (TPSA) is 88.1 Å². The number of H-pyrrole nitrogens is 2. The quantitative estimate of drug-likeness (QED) is 0.463. The van der Waals surface area contributed by atoms with Gasteiger partial charge in [-0.05, 0) is 30.3 Å². The molecule has 7 nitrogen and oxygen atoms in total. The zero-order chi connectivity index (χ0) is 20.1. The lowest BCUT2D eigenvalue weighted by molar-refractivity contribution is 0.768. The first kappa shape index (κ1) is 16.7. The van der Waals surface area contributed by atoms with Crippen molar-refractivity contribution in [3.63, 3.8) is 0 Å². The molecule has 0 spiro atoms. The van der Waals surface area contributed by atoms with Crippen LogP contribution in [0.25, 0.3) is 55.7 Å². The number of rotatable bonds is 3. The average molecular weight is 391 g/mol. The molecular weight excluding hydrogens is 374 g/mol. The third kappa shape index (κ3) is 2.60. The Labute approximate surface area is 171 Å². The Kier molecular flexibility index (Phi) is 3.55. The molecule has 2 N–H and O–H groups in total. The zero-order valence-electron chi connectivity index (χ0n) is 16.2. The highest BCUT2D eigenvalue weighted by Gasteiger charge is 2.15. The van der Waals surface area contributed by atoms with Gasteiger partial charge >= 0.3 is 0 Å². The lowest BCUT2D eigenvalue weighted by Gasteiger charge is -2.01. The highest BCUT2D eigenvalue weighted by Crippen LogP contribution is 2.34. The molecule has 0 bridgehead atoms. The van der Waals surface area contributed by atoms with Gasteiger partial charge in [-0.2, -0.15) is 10.2 Å². The molecule has 0 saturated carbocycles. The van der Waals surface area contributed by atoms with E-state index in [2.05, 4.69) is 54.5 Å². The summed E-state index contributed by atoms with van der Waals surface area (Å²) >= 11 is 0. The highest BCUT2D eigenvalue weighted by molar-refractivity contribution is 6.01. The molecule has 6 aromatic rings. The molecule has 1 aromatic carbocycles. The van der Waals surface area contributed by atoms with Crippen LogP contribution in [0.3, 0.4) is 0 Å². The summed E-state index contributed by atoms with van der Waals surface area (Å²) < 4.78 is 1.77. The number of aromatic amines is 2. The van der Waals surface area contributed by atoms with Crippen LogP contribution in [0.15, 0.2) is 73.3 Å². The molecule has 6 rings (SSSR count). The first-order valence-electron chi connectivity index (χ1n) is 9.63. The maximum atomic E-state index is 4.57. The number of aryl methyl sites for hydroxylation is 1. The zero-order valence-corrected chi connectivity index (χ0v) is 16.2. The summed E-state index contributed by atoms with van der Waals surface area (Å²) in [6.45, 7) is 0. The number of nitrogens with one attached hydrogen (secondary N) is 2. The summed E-state index contributed by atoms with van der Waals surface area (Å²) in [5.74, 6) is 0. The van der Waals surface area contributed by atoms with Crippen LogP contribution < -0.4 is 0 Å². The standard InChI is InChI=1S/C23H17N7/c1-30-13-14(11-26-30)20-10-17-22(12-25-20)28-29-23(17)21-9-16-15(5-4-7-19(16)27-21)18-6-2-3-8-24-18/h2-13,27H,1H3,(H,28,29). The Balaban J connectivity index is 1.52. The van der Waals surface area contributed by atoms with E-state index in [0.29, 0.717) is 0 Å². The summed E-state index contributed by atoms with van der Waals surface area (Å²) in [5.41, 5.74) is 7.62. The molecule has 0 fully saturated rings. The van der Waals surface area contributed by atoms with Crippen molar-refractivity contribution in [1.82, 2.24) is 34.9 Å². The van der Waals surface area contributed by atoms with Crippen molar-refractivity contribution < 1.29 is 0 Å². The smallest absolute Gasteiger partial charge is 0.116 e. The predicted molar refractivity (Wildman–Crippen MR) is 117 cm³/mol. The number of fused-ring (bicyclic) bond motifs is 2. The van der Waals surface area contributed by atoms with Gasteiger partial charge in [0.25, 0.3) is 0 Å². The minimum absolute atomic E-state index is 0.862. The number of benzene rings is 1. The molecule has 0 saturated heterocycles. The van der Waals surface area contributed by atoms with Crippen molar-refractivity contribution in [2.24, 2.45) is 7.05 Å². The maximum Gasteiger partial charge on any atom is 0.116 e. The fraction of sp³-hybridized carbons (Fsp3) is 0.0435. The molecule has 0 unspecified atom stereocenters. The number of hydrogen-bond donors (Lipinski definition) is 2. The average Bonchev–Trinajstić information content (AvgIpc) is 3.50. The van der Waals surface area contributed by atoms with Gasteiger partial charge in [-0.3, -0.25) is 19.7 Å². The van der Waals surface area contributed by atoms with E-state index < -0.39 is 0 Å². The predicted octanol–water partition coefficient (Wildman–Crippen LogP) is 4.57. The molecule has 5 heterocycles. The van der Waals surface area contributed by atoms with Gasteiger partial charge in [0.05, 0.1) is 35.0 Å². The SMILES string of the molecule is Cn1cc(-c2cc3c(-c4cc5c(-c6ccccn6)cccc5[nH]4)n[nH]c3cn2)cn1. The first-order chi connectivity index (χ1) is 14.8. The third-order valence-corrected chi connectivity index (χ3v) is 5.31. The Bertz CT molecular complexity index is 1510. The molecule has 0 radical (unpaired) electrons. The summed E-state index contributed by atoms with van der Waals surface area (Å²) in [5, 5.41) is 14.0. The van der Waals surface area contributed by atoms with Crippen LogP contribution in [-0.4, -0.2) is 34.9 Å². The third-order valence-electron chi connectivity index (χ3n) is 5.31. The minimum atomic E-state index is 0.862. The van der Waals surface area contributed by atoms with Gasteiger partial charge in [0.1, 0.15) is 5.69 Å². The Morgan fingerprint density at radius 3 is 2.67 bits per heavy atom. The van der Waals surface area contributed by atoms with Gasteiger partial charge in [0.2, 0.25) is 0 Å². The fourth-order valence-electron chi connectivity index (χ4n) is 3.86. The van der Waals surface area contributed by atoms with Crippen molar-refractivity contribution in [2.75, 3.05) is 0 Å². The maximum absolute atomic E-state index is 4.57. The van der Waals surface area contributed by atoms with E-state index in [1.54, 1.807) is 4.68 Å². The molecule has 0 aliphatic carbocycles. The van der Waals surface area contributed by atoms with Crippen LogP contribution in [0.4, 0.5) is 0 Å². The Morgan fingerprint density at radius 1 is 0.867 bits per heavy atom. The molecule has 0 aliphatic heterocycles. The van der Waals surface area contributed by atoms with Crippen molar-refractivity contribution in [3.05, 3.63) is 73.3 Å². The van der Waals surface area contributed by atoms with Crippen LogP contribution in [0.1, 0.15) is 0 Å². The van der Waals surface area contributed by atoms with E-state index in [-0.39, 0.29) is 0 Å². The van der Waals surface area contributed by atoms with Gasteiger partial charge in [-0.25, -0.2) is 0 Å². The Morgan fingerprint density at radius 2 is 1.83 bits per heavy atom. The monoisotopic (exact) mass is 391 g/mol. The lowest BCUT2D eigenvalue weighted by atomic mass is 10.1. The number of hydrogen-bond acceptors (Lipinski definition) is 4. The first-order valence-corrected chi connectivity index (χ1v) is 9.63. The molecular formula is C23H17N7. The van der Waals surface area contributed by atoms with Crippen LogP contribution in [0, 0.1) is 0 Å². The van der Waals surface area contributed by atoms with E-state index in [9.17, 15) is 0 Å². The van der Waals surface area contributed by atoms with Gasteiger partial charge < -0.3 is 4.98 Å². The second-order valence-electron chi connectivity index (χ2n) is 7.25. The summed E-state index contributed by atoms with van der Waals surface area (Å²) in [7, 11) is 1.90. The highest BCUT2D eigenvalue weighted by atomic mass is 15.2.